The summed E-state index contributed by atoms with van der Waals surface area (Å²) >= 11 is 2.84. The van der Waals surface area contributed by atoms with Crippen molar-refractivity contribution in [2.75, 3.05) is 11.1 Å². The van der Waals surface area contributed by atoms with Gasteiger partial charge in [0.2, 0.25) is 5.91 Å². The summed E-state index contributed by atoms with van der Waals surface area (Å²) in [6.45, 7) is 3.97. The lowest BCUT2D eigenvalue weighted by Gasteiger charge is -2.12. The number of aromatic nitrogens is 3. The third kappa shape index (κ3) is 4.58. The molecule has 0 saturated heterocycles. The number of imidazole rings is 1. The van der Waals surface area contributed by atoms with Gasteiger partial charge in [0.1, 0.15) is 0 Å². The van der Waals surface area contributed by atoms with E-state index in [1.54, 1.807) is 0 Å². The van der Waals surface area contributed by atoms with E-state index in [9.17, 15) is 4.79 Å². The summed E-state index contributed by atoms with van der Waals surface area (Å²) in [6, 6.07) is 18.5. The lowest BCUT2D eigenvalue weighted by atomic mass is 10.1. The van der Waals surface area contributed by atoms with Crippen molar-refractivity contribution in [3.05, 3.63) is 77.4 Å². The number of aryl methyl sites for hydroxylation is 2. The van der Waals surface area contributed by atoms with E-state index in [0.717, 1.165) is 27.8 Å². The molecule has 7 heteroatoms. The molecule has 0 aliphatic carbocycles. The molecule has 0 aliphatic rings. The van der Waals surface area contributed by atoms with Gasteiger partial charge in [-0.1, -0.05) is 59.8 Å². The number of rotatable bonds is 6. The Morgan fingerprint density at radius 3 is 2.55 bits per heavy atom. The van der Waals surface area contributed by atoms with E-state index in [4.69, 9.17) is 0 Å². The van der Waals surface area contributed by atoms with Gasteiger partial charge in [-0.3, -0.25) is 9.36 Å². The molecule has 0 aliphatic heterocycles. The first-order valence-electron chi connectivity index (χ1n) is 9.15. The Balaban J connectivity index is 1.60. The number of hydrogen-bond acceptors (Lipinski definition) is 5. The zero-order valence-corrected chi connectivity index (χ0v) is 17.8. The normalized spacial score (nSPS) is 10.8. The van der Waals surface area contributed by atoms with Gasteiger partial charge in [-0.2, -0.15) is 0 Å². The molecule has 2 aromatic heterocycles. The summed E-state index contributed by atoms with van der Waals surface area (Å²) in [5.41, 5.74) is 5.19. The highest BCUT2D eigenvalue weighted by Crippen LogP contribution is 2.30. The third-order valence-corrected chi connectivity index (χ3v) is 6.12. The molecule has 0 bridgehead atoms. The summed E-state index contributed by atoms with van der Waals surface area (Å²) in [5, 5.41) is 6.17. The molecule has 0 unspecified atom stereocenters. The number of anilines is 1. The minimum absolute atomic E-state index is 0.0935. The highest BCUT2D eigenvalue weighted by atomic mass is 32.2. The maximum Gasteiger partial charge on any atom is 0.236 e. The number of carbonyl (C=O) groups excluding carboxylic acids is 1. The molecule has 5 nitrogen and oxygen atoms in total. The van der Waals surface area contributed by atoms with Gasteiger partial charge in [0, 0.05) is 16.6 Å². The van der Waals surface area contributed by atoms with E-state index in [2.05, 4.69) is 63.2 Å². The van der Waals surface area contributed by atoms with Gasteiger partial charge in [-0.15, -0.1) is 11.3 Å². The van der Waals surface area contributed by atoms with E-state index >= 15 is 0 Å². The fourth-order valence-electron chi connectivity index (χ4n) is 2.89. The largest absolute Gasteiger partial charge is 0.301 e. The van der Waals surface area contributed by atoms with Gasteiger partial charge in [0.25, 0.3) is 0 Å². The van der Waals surface area contributed by atoms with Gasteiger partial charge < -0.3 is 5.32 Å². The highest BCUT2D eigenvalue weighted by Gasteiger charge is 2.16. The van der Waals surface area contributed by atoms with Gasteiger partial charge in [0.05, 0.1) is 23.3 Å². The first kappa shape index (κ1) is 19.4. The van der Waals surface area contributed by atoms with Crippen molar-refractivity contribution < 1.29 is 4.79 Å². The zero-order valence-electron chi connectivity index (χ0n) is 16.1. The van der Waals surface area contributed by atoms with E-state index in [1.807, 2.05) is 36.7 Å². The monoisotopic (exact) mass is 420 g/mol. The van der Waals surface area contributed by atoms with Crippen molar-refractivity contribution in [1.82, 2.24) is 14.5 Å². The van der Waals surface area contributed by atoms with E-state index in [1.165, 1.54) is 28.7 Å². The molecular weight excluding hydrogens is 400 g/mol. The lowest BCUT2D eigenvalue weighted by Crippen LogP contribution is -2.14. The second kappa shape index (κ2) is 8.63. The van der Waals surface area contributed by atoms with Crippen LogP contribution in [0.4, 0.5) is 5.13 Å². The molecule has 1 amide bonds. The van der Waals surface area contributed by atoms with Crippen molar-refractivity contribution in [2.24, 2.45) is 0 Å². The third-order valence-electron chi connectivity index (χ3n) is 4.29. The Morgan fingerprint density at radius 2 is 1.86 bits per heavy atom. The van der Waals surface area contributed by atoms with Crippen LogP contribution in [0.3, 0.4) is 0 Å². The molecule has 4 rings (SSSR count). The van der Waals surface area contributed by atoms with Crippen LogP contribution in [0.2, 0.25) is 0 Å². The van der Waals surface area contributed by atoms with Crippen LogP contribution in [0.15, 0.2) is 71.3 Å². The molecular formula is C22H20N4OS2. The number of thiazole rings is 1. The molecule has 0 spiro atoms. The number of amides is 1. The molecule has 0 radical (unpaired) electrons. The number of nitrogens with one attached hydrogen (secondary N) is 1. The van der Waals surface area contributed by atoms with Crippen LogP contribution in [0.1, 0.15) is 11.3 Å². The summed E-state index contributed by atoms with van der Waals surface area (Å²) in [7, 11) is 0. The molecule has 0 saturated carbocycles. The van der Waals surface area contributed by atoms with Crippen molar-refractivity contribution >= 4 is 34.1 Å². The molecule has 4 aromatic rings. The Morgan fingerprint density at radius 1 is 1.10 bits per heavy atom. The summed E-state index contributed by atoms with van der Waals surface area (Å²) in [6.07, 6.45) is 1.86. The Labute approximate surface area is 177 Å². The molecule has 0 fully saturated rings. The van der Waals surface area contributed by atoms with Crippen LogP contribution in [-0.2, 0) is 4.79 Å². The van der Waals surface area contributed by atoms with Gasteiger partial charge in [-0.25, -0.2) is 9.97 Å². The fraction of sp³-hybridized carbons (Fsp3) is 0.136. The van der Waals surface area contributed by atoms with Crippen LogP contribution in [0.25, 0.3) is 16.9 Å². The van der Waals surface area contributed by atoms with E-state index in [0.29, 0.717) is 5.13 Å². The van der Waals surface area contributed by atoms with Crippen LogP contribution in [0, 0.1) is 13.8 Å². The Kier molecular flexibility index (Phi) is 5.78. The standard InChI is InChI=1S/C22H20N4OS2/c1-15-8-10-18(11-9-15)26-19(17-6-4-3-5-7-17)12-23-22(26)29-14-20(27)25-21-24-16(2)13-28-21/h3-13H,14H2,1-2H3,(H,24,25,27). The predicted octanol–water partition coefficient (Wildman–Crippen LogP) is 5.34. The number of thioether (sulfide) groups is 1. The van der Waals surface area contributed by atoms with Crippen molar-refractivity contribution in [3.63, 3.8) is 0 Å². The van der Waals surface area contributed by atoms with Gasteiger partial charge >= 0.3 is 0 Å². The number of benzene rings is 2. The molecule has 29 heavy (non-hydrogen) atoms. The Hall–Kier alpha value is -2.90. The van der Waals surface area contributed by atoms with E-state index in [-0.39, 0.29) is 11.7 Å². The maximum absolute atomic E-state index is 12.4. The molecule has 0 atom stereocenters. The minimum Gasteiger partial charge on any atom is -0.301 e. The van der Waals surface area contributed by atoms with Gasteiger partial charge in [0.15, 0.2) is 10.3 Å². The highest BCUT2D eigenvalue weighted by molar-refractivity contribution is 7.99. The molecule has 2 aromatic carbocycles. The quantitative estimate of drug-likeness (QED) is 0.428. The summed E-state index contributed by atoms with van der Waals surface area (Å²) < 4.78 is 2.10. The molecule has 1 N–H and O–H groups in total. The summed E-state index contributed by atoms with van der Waals surface area (Å²) in [5.74, 6) is 0.166. The van der Waals surface area contributed by atoms with Gasteiger partial charge in [-0.05, 0) is 26.0 Å². The van der Waals surface area contributed by atoms with Crippen LogP contribution >= 0.6 is 23.1 Å². The average Bonchev–Trinajstić information content (AvgIpc) is 3.34. The van der Waals surface area contributed by atoms with E-state index < -0.39 is 0 Å². The number of nitrogens with zero attached hydrogens (tertiary/aromatic N) is 3. The first-order valence-corrected chi connectivity index (χ1v) is 11.0. The van der Waals surface area contributed by atoms with Crippen LogP contribution in [0.5, 0.6) is 0 Å². The molecule has 146 valence electrons. The maximum atomic E-state index is 12.4. The second-order valence-electron chi connectivity index (χ2n) is 6.59. The minimum atomic E-state index is -0.0935. The zero-order chi connectivity index (χ0) is 20.2. The van der Waals surface area contributed by atoms with Crippen molar-refractivity contribution in [1.29, 1.82) is 0 Å². The van der Waals surface area contributed by atoms with Crippen LogP contribution < -0.4 is 5.32 Å². The smallest absolute Gasteiger partial charge is 0.236 e. The topological polar surface area (TPSA) is 59.8 Å². The molecule has 2 heterocycles. The van der Waals surface area contributed by atoms with Crippen molar-refractivity contribution in [3.8, 4) is 16.9 Å². The SMILES string of the molecule is Cc1ccc(-n2c(-c3ccccc3)cnc2SCC(=O)Nc2nc(C)cs2)cc1. The average molecular weight is 421 g/mol. The van der Waals surface area contributed by atoms with Crippen molar-refractivity contribution in [2.45, 2.75) is 19.0 Å². The lowest BCUT2D eigenvalue weighted by molar-refractivity contribution is -0.113. The predicted molar refractivity (Wildman–Crippen MR) is 120 cm³/mol. The second-order valence-corrected chi connectivity index (χ2v) is 8.39. The first-order chi connectivity index (χ1) is 14.1. The number of hydrogen-bond donors (Lipinski definition) is 1. The van der Waals surface area contributed by atoms with Crippen LogP contribution in [-0.4, -0.2) is 26.2 Å². The fourth-order valence-corrected chi connectivity index (χ4v) is 4.39. The summed E-state index contributed by atoms with van der Waals surface area (Å²) in [4.78, 5) is 21.2. The Bertz CT molecular complexity index is 1120. The number of carbonyl (C=O) groups is 1.